The zero-order valence-corrected chi connectivity index (χ0v) is 12.8. The summed E-state index contributed by atoms with van der Waals surface area (Å²) in [6.07, 6.45) is 0.939. The van der Waals surface area contributed by atoms with E-state index in [1.54, 1.807) is 12.1 Å². The lowest BCUT2D eigenvalue weighted by molar-refractivity contribution is -0.149. The first-order valence-electron chi connectivity index (χ1n) is 7.39. The van der Waals surface area contributed by atoms with Crippen molar-refractivity contribution in [1.29, 1.82) is 0 Å². The molecular formula is C16H23FN2O2. The van der Waals surface area contributed by atoms with Gasteiger partial charge in [0, 0.05) is 25.2 Å². The summed E-state index contributed by atoms with van der Waals surface area (Å²) < 4.78 is 18.1. The van der Waals surface area contributed by atoms with Gasteiger partial charge in [-0.3, -0.25) is 4.90 Å². The number of methoxy groups -OCH3 is 1. The summed E-state index contributed by atoms with van der Waals surface area (Å²) in [7, 11) is 1.39. The van der Waals surface area contributed by atoms with Gasteiger partial charge < -0.3 is 10.1 Å². The maximum Gasteiger partial charge on any atom is 0.327 e. The highest BCUT2D eigenvalue weighted by atomic mass is 19.1. The van der Waals surface area contributed by atoms with Crippen LogP contribution < -0.4 is 5.32 Å². The van der Waals surface area contributed by atoms with Crippen molar-refractivity contribution < 1.29 is 13.9 Å². The van der Waals surface area contributed by atoms with Crippen LogP contribution in [0, 0.1) is 5.82 Å². The van der Waals surface area contributed by atoms with E-state index < -0.39 is 6.04 Å². The molecule has 1 aromatic carbocycles. The van der Waals surface area contributed by atoms with Crippen molar-refractivity contribution in [3.05, 3.63) is 35.6 Å². The third-order valence-corrected chi connectivity index (χ3v) is 4.07. The van der Waals surface area contributed by atoms with Gasteiger partial charge in [0.05, 0.1) is 7.11 Å². The largest absolute Gasteiger partial charge is 0.468 e. The highest BCUT2D eigenvalue weighted by molar-refractivity contribution is 5.77. The van der Waals surface area contributed by atoms with Crippen LogP contribution in [0.3, 0.4) is 0 Å². The molecule has 1 aliphatic rings. The first-order valence-corrected chi connectivity index (χ1v) is 7.39. The molecule has 21 heavy (non-hydrogen) atoms. The number of halogens is 1. The summed E-state index contributed by atoms with van der Waals surface area (Å²) in [6, 6.07) is 6.18. The predicted octanol–water partition coefficient (Wildman–Crippen LogP) is 2.11. The van der Waals surface area contributed by atoms with Crippen LogP contribution in [0.2, 0.25) is 0 Å². The second-order valence-electron chi connectivity index (χ2n) is 5.55. The number of benzene rings is 1. The minimum Gasteiger partial charge on any atom is -0.468 e. The Morgan fingerprint density at radius 1 is 1.48 bits per heavy atom. The lowest BCUT2D eigenvalue weighted by Crippen LogP contribution is -2.57. The molecule has 0 spiro atoms. The first kappa shape index (κ1) is 15.9. The molecule has 1 unspecified atom stereocenters. The average Bonchev–Trinajstić information content (AvgIpc) is 2.49. The topological polar surface area (TPSA) is 41.6 Å². The molecule has 2 rings (SSSR count). The van der Waals surface area contributed by atoms with E-state index in [9.17, 15) is 9.18 Å². The van der Waals surface area contributed by atoms with Gasteiger partial charge in [0.25, 0.3) is 0 Å². The standard InChI is InChI=1S/C16H23FN2O2/c1-4-14-9-18-11(2)10-19(14)15(16(20)21-3)12-5-7-13(17)8-6-12/h5-8,11,14-15,18H,4,9-10H2,1-3H3/t11-,14+,15?/m0/s1. The SMILES string of the molecule is CC[C@@H]1CN[C@@H](C)CN1C(C(=O)OC)c1ccc(F)cc1. The van der Waals surface area contributed by atoms with Crippen LogP contribution in [-0.2, 0) is 9.53 Å². The summed E-state index contributed by atoms with van der Waals surface area (Å²) in [4.78, 5) is 14.5. The lowest BCUT2D eigenvalue weighted by Gasteiger charge is -2.42. The molecule has 0 radical (unpaired) electrons. The summed E-state index contributed by atoms with van der Waals surface area (Å²) in [5, 5.41) is 3.43. The van der Waals surface area contributed by atoms with Crippen LogP contribution in [0.5, 0.6) is 0 Å². The Bertz CT molecular complexity index is 478. The fourth-order valence-corrected chi connectivity index (χ4v) is 2.90. The molecule has 1 saturated heterocycles. The predicted molar refractivity (Wildman–Crippen MR) is 79.4 cm³/mol. The van der Waals surface area contributed by atoms with Gasteiger partial charge in [-0.25, -0.2) is 9.18 Å². The molecule has 1 aromatic rings. The number of ether oxygens (including phenoxy) is 1. The Morgan fingerprint density at radius 3 is 2.71 bits per heavy atom. The van der Waals surface area contributed by atoms with E-state index in [2.05, 4.69) is 24.1 Å². The van der Waals surface area contributed by atoms with Crippen LogP contribution >= 0.6 is 0 Å². The van der Waals surface area contributed by atoms with Crippen molar-refractivity contribution in [3.63, 3.8) is 0 Å². The molecule has 1 aliphatic heterocycles. The molecule has 5 heteroatoms. The molecule has 4 nitrogen and oxygen atoms in total. The van der Waals surface area contributed by atoms with Crippen LogP contribution in [0.4, 0.5) is 4.39 Å². The smallest absolute Gasteiger partial charge is 0.327 e. The summed E-state index contributed by atoms with van der Waals surface area (Å²) >= 11 is 0. The van der Waals surface area contributed by atoms with E-state index in [-0.39, 0.29) is 17.8 Å². The van der Waals surface area contributed by atoms with Gasteiger partial charge in [0.2, 0.25) is 0 Å². The molecule has 0 aliphatic carbocycles. The first-order chi connectivity index (χ1) is 10.1. The molecule has 1 heterocycles. The number of hydrogen-bond acceptors (Lipinski definition) is 4. The quantitative estimate of drug-likeness (QED) is 0.864. The van der Waals surface area contributed by atoms with Crippen molar-refractivity contribution in [2.24, 2.45) is 0 Å². The summed E-state index contributed by atoms with van der Waals surface area (Å²) in [6.45, 7) is 5.80. The molecule has 0 amide bonds. The Balaban J connectivity index is 2.34. The Hall–Kier alpha value is -1.46. The van der Waals surface area contributed by atoms with Gasteiger partial charge in [0.1, 0.15) is 11.9 Å². The lowest BCUT2D eigenvalue weighted by atomic mass is 9.99. The van der Waals surface area contributed by atoms with E-state index >= 15 is 0 Å². The molecule has 0 aromatic heterocycles. The van der Waals surface area contributed by atoms with E-state index in [4.69, 9.17) is 4.74 Å². The number of nitrogens with zero attached hydrogens (tertiary/aromatic N) is 1. The highest BCUT2D eigenvalue weighted by Crippen LogP contribution is 2.27. The van der Waals surface area contributed by atoms with Crippen molar-refractivity contribution in [2.75, 3.05) is 20.2 Å². The minimum atomic E-state index is -0.481. The van der Waals surface area contributed by atoms with Gasteiger partial charge in [-0.15, -0.1) is 0 Å². The second kappa shape index (κ2) is 7.00. The summed E-state index contributed by atoms with van der Waals surface area (Å²) in [5.41, 5.74) is 0.774. The number of rotatable bonds is 4. The van der Waals surface area contributed by atoms with Gasteiger partial charge in [0.15, 0.2) is 0 Å². The van der Waals surface area contributed by atoms with Crippen molar-refractivity contribution in [2.45, 2.75) is 38.4 Å². The zero-order valence-electron chi connectivity index (χ0n) is 12.8. The third-order valence-electron chi connectivity index (χ3n) is 4.07. The molecule has 0 bridgehead atoms. The monoisotopic (exact) mass is 294 g/mol. The normalized spacial score (nSPS) is 24.6. The van der Waals surface area contributed by atoms with E-state index in [0.29, 0.717) is 6.04 Å². The third kappa shape index (κ3) is 3.60. The van der Waals surface area contributed by atoms with Gasteiger partial charge in [-0.05, 0) is 31.0 Å². The molecular weight excluding hydrogens is 271 g/mol. The van der Waals surface area contributed by atoms with Crippen LogP contribution in [0.15, 0.2) is 24.3 Å². The molecule has 3 atom stereocenters. The fraction of sp³-hybridized carbons (Fsp3) is 0.562. The number of piperazine rings is 1. The minimum absolute atomic E-state index is 0.260. The van der Waals surface area contributed by atoms with Gasteiger partial charge >= 0.3 is 5.97 Å². The van der Waals surface area contributed by atoms with Crippen molar-refractivity contribution in [1.82, 2.24) is 10.2 Å². The zero-order chi connectivity index (χ0) is 15.4. The molecule has 1 N–H and O–H groups in total. The van der Waals surface area contributed by atoms with E-state index in [1.165, 1.54) is 19.2 Å². The number of carbonyl (C=O) groups is 1. The number of hydrogen-bond donors (Lipinski definition) is 1. The van der Waals surface area contributed by atoms with Gasteiger partial charge in [-0.1, -0.05) is 19.1 Å². The van der Waals surface area contributed by atoms with E-state index in [0.717, 1.165) is 25.1 Å². The Kier molecular flexibility index (Phi) is 5.31. The van der Waals surface area contributed by atoms with Crippen LogP contribution in [0.25, 0.3) is 0 Å². The van der Waals surface area contributed by atoms with Crippen molar-refractivity contribution in [3.8, 4) is 0 Å². The molecule has 1 fully saturated rings. The maximum absolute atomic E-state index is 13.1. The maximum atomic E-state index is 13.1. The fourth-order valence-electron chi connectivity index (χ4n) is 2.90. The van der Waals surface area contributed by atoms with E-state index in [1.807, 2.05) is 0 Å². The van der Waals surface area contributed by atoms with Crippen LogP contribution in [0.1, 0.15) is 31.9 Å². The summed E-state index contributed by atoms with van der Waals surface area (Å²) in [5.74, 6) is -0.600. The molecule has 0 saturated carbocycles. The molecule has 116 valence electrons. The Morgan fingerprint density at radius 2 is 2.14 bits per heavy atom. The number of nitrogens with one attached hydrogen (secondary N) is 1. The number of esters is 1. The second-order valence-corrected chi connectivity index (χ2v) is 5.55. The Labute approximate surface area is 125 Å². The highest BCUT2D eigenvalue weighted by Gasteiger charge is 2.36. The average molecular weight is 294 g/mol. The van der Waals surface area contributed by atoms with Gasteiger partial charge in [-0.2, -0.15) is 0 Å². The van der Waals surface area contributed by atoms with Crippen LogP contribution in [-0.4, -0.2) is 43.2 Å². The number of carbonyl (C=O) groups excluding carboxylic acids is 1. The van der Waals surface area contributed by atoms with Crippen molar-refractivity contribution >= 4 is 5.97 Å².